The molecule has 0 bridgehead atoms. The largest absolute Gasteiger partial charge is 0.416 e. The Morgan fingerprint density at radius 1 is 1.24 bits per heavy atom. The summed E-state index contributed by atoms with van der Waals surface area (Å²) in [4.78, 5) is 7.99. The molecule has 4 nitrogen and oxygen atoms in total. The van der Waals surface area contributed by atoms with E-state index in [1.807, 2.05) is 13.0 Å². The number of alkyl halides is 3. The lowest BCUT2D eigenvalue weighted by Crippen LogP contribution is -2.32. The van der Waals surface area contributed by atoms with Gasteiger partial charge in [-0.3, -0.25) is 15.8 Å². The molecule has 0 saturated carbocycles. The summed E-state index contributed by atoms with van der Waals surface area (Å²) in [6, 6.07) is 1.90. The van der Waals surface area contributed by atoms with Gasteiger partial charge in [-0.15, -0.1) is 0 Å². The van der Waals surface area contributed by atoms with Crippen LogP contribution in [0.4, 0.5) is 13.2 Å². The van der Waals surface area contributed by atoms with E-state index in [-0.39, 0.29) is 5.56 Å². The number of hydrogen-bond acceptors (Lipinski definition) is 4. The van der Waals surface area contributed by atoms with Gasteiger partial charge >= 0.3 is 6.18 Å². The van der Waals surface area contributed by atoms with E-state index in [0.29, 0.717) is 5.69 Å². The molecule has 1 unspecified atom stereocenters. The maximum Gasteiger partial charge on any atom is 0.416 e. The van der Waals surface area contributed by atoms with E-state index in [4.69, 9.17) is 5.84 Å². The average Bonchev–Trinajstić information content (AvgIpc) is 2.41. The summed E-state index contributed by atoms with van der Waals surface area (Å²) in [5, 5.41) is 0. The smallest absolute Gasteiger partial charge is 0.271 e. The number of pyridine rings is 2. The summed E-state index contributed by atoms with van der Waals surface area (Å²) in [6.07, 6.45) is -0.619. The Labute approximate surface area is 120 Å². The molecular formula is C14H15F3N4. The topological polar surface area (TPSA) is 63.8 Å². The van der Waals surface area contributed by atoms with Crippen molar-refractivity contribution in [3.05, 3.63) is 58.7 Å². The molecule has 0 aromatic carbocycles. The lowest BCUT2D eigenvalue weighted by molar-refractivity contribution is -0.138. The van der Waals surface area contributed by atoms with Crippen LogP contribution in [0.15, 0.2) is 30.7 Å². The molecule has 0 radical (unpaired) electrons. The molecular weight excluding hydrogens is 281 g/mol. The second-order valence-electron chi connectivity index (χ2n) is 4.78. The van der Waals surface area contributed by atoms with E-state index in [2.05, 4.69) is 15.4 Å². The first-order chi connectivity index (χ1) is 9.84. The van der Waals surface area contributed by atoms with E-state index < -0.39 is 17.8 Å². The fourth-order valence-corrected chi connectivity index (χ4v) is 2.24. The lowest BCUT2D eigenvalue weighted by Gasteiger charge is -2.21. The summed E-state index contributed by atoms with van der Waals surface area (Å²) in [6.45, 7) is 3.64. The first kappa shape index (κ1) is 15.4. The normalized spacial score (nSPS) is 13.2. The minimum absolute atomic E-state index is 0.0491. The summed E-state index contributed by atoms with van der Waals surface area (Å²) >= 11 is 0. The van der Waals surface area contributed by atoms with Crippen molar-refractivity contribution in [2.75, 3.05) is 0 Å². The maximum atomic E-state index is 13.1. The van der Waals surface area contributed by atoms with Gasteiger partial charge in [0.2, 0.25) is 0 Å². The summed E-state index contributed by atoms with van der Waals surface area (Å²) < 4.78 is 39.3. The number of nitrogens with zero attached hydrogens (tertiary/aromatic N) is 2. The van der Waals surface area contributed by atoms with Gasteiger partial charge in [-0.25, -0.2) is 5.43 Å². The lowest BCUT2D eigenvalue weighted by atomic mass is 9.97. The molecule has 0 amide bonds. The quantitative estimate of drug-likeness (QED) is 0.675. The van der Waals surface area contributed by atoms with Gasteiger partial charge in [-0.1, -0.05) is 6.07 Å². The Balaban J connectivity index is 2.57. The summed E-state index contributed by atoms with van der Waals surface area (Å²) in [7, 11) is 0. The summed E-state index contributed by atoms with van der Waals surface area (Å²) in [5.41, 5.74) is 3.71. The minimum Gasteiger partial charge on any atom is -0.271 e. The van der Waals surface area contributed by atoms with Crippen LogP contribution < -0.4 is 11.3 Å². The first-order valence-electron chi connectivity index (χ1n) is 6.25. The maximum absolute atomic E-state index is 13.1. The van der Waals surface area contributed by atoms with Gasteiger partial charge in [0.05, 0.1) is 17.3 Å². The van der Waals surface area contributed by atoms with E-state index in [1.54, 1.807) is 13.1 Å². The zero-order valence-electron chi connectivity index (χ0n) is 11.6. The van der Waals surface area contributed by atoms with Crippen molar-refractivity contribution in [1.82, 2.24) is 15.4 Å². The van der Waals surface area contributed by atoms with Crippen LogP contribution in [0, 0.1) is 13.8 Å². The van der Waals surface area contributed by atoms with Gasteiger partial charge in [0.15, 0.2) is 0 Å². The monoisotopic (exact) mass is 296 g/mol. The Hall–Kier alpha value is -1.99. The molecule has 2 aromatic rings. The molecule has 0 spiro atoms. The fraction of sp³-hybridized carbons (Fsp3) is 0.286. The predicted octanol–water partition coefficient (Wildman–Crippen LogP) is 2.66. The number of hydrogen-bond donors (Lipinski definition) is 2. The van der Waals surface area contributed by atoms with Gasteiger partial charge in [0.25, 0.3) is 0 Å². The molecule has 112 valence electrons. The third kappa shape index (κ3) is 3.20. The van der Waals surface area contributed by atoms with Gasteiger partial charge in [-0.05, 0) is 31.0 Å². The van der Waals surface area contributed by atoms with Crippen molar-refractivity contribution in [1.29, 1.82) is 0 Å². The molecule has 1 atom stereocenters. The van der Waals surface area contributed by atoms with Crippen LogP contribution in [0.3, 0.4) is 0 Å². The van der Waals surface area contributed by atoms with Crippen molar-refractivity contribution < 1.29 is 13.2 Å². The highest BCUT2D eigenvalue weighted by Crippen LogP contribution is 2.35. The Kier molecular flexibility index (Phi) is 4.24. The van der Waals surface area contributed by atoms with Crippen LogP contribution >= 0.6 is 0 Å². The number of rotatable bonds is 3. The van der Waals surface area contributed by atoms with E-state index in [0.717, 1.165) is 29.6 Å². The number of halogens is 3. The molecule has 7 heteroatoms. The molecule has 0 aliphatic rings. The molecule has 3 N–H and O–H groups in total. The van der Waals surface area contributed by atoms with Crippen LogP contribution in [-0.2, 0) is 6.18 Å². The zero-order valence-corrected chi connectivity index (χ0v) is 11.6. The highest BCUT2D eigenvalue weighted by Gasteiger charge is 2.36. The number of hydrazine groups is 1. The van der Waals surface area contributed by atoms with Crippen molar-refractivity contribution in [2.45, 2.75) is 26.1 Å². The molecule has 2 heterocycles. The fourth-order valence-electron chi connectivity index (χ4n) is 2.24. The Morgan fingerprint density at radius 2 is 1.95 bits per heavy atom. The summed E-state index contributed by atoms with van der Waals surface area (Å²) in [5.74, 6) is 5.47. The van der Waals surface area contributed by atoms with Gasteiger partial charge in [0, 0.05) is 24.2 Å². The van der Waals surface area contributed by atoms with Crippen LogP contribution in [0.1, 0.15) is 34.0 Å². The highest BCUT2D eigenvalue weighted by molar-refractivity contribution is 5.37. The Bertz CT molecular complexity index is 640. The third-order valence-electron chi connectivity index (χ3n) is 3.16. The highest BCUT2D eigenvalue weighted by atomic mass is 19.4. The van der Waals surface area contributed by atoms with Gasteiger partial charge in [-0.2, -0.15) is 13.2 Å². The third-order valence-corrected chi connectivity index (χ3v) is 3.16. The molecule has 21 heavy (non-hydrogen) atoms. The number of aryl methyl sites for hydroxylation is 2. The first-order valence-corrected chi connectivity index (χ1v) is 6.25. The average molecular weight is 296 g/mol. The number of aromatic nitrogens is 2. The molecule has 2 aromatic heterocycles. The van der Waals surface area contributed by atoms with Gasteiger partial charge in [0.1, 0.15) is 0 Å². The van der Waals surface area contributed by atoms with Crippen LogP contribution in [0.25, 0.3) is 0 Å². The van der Waals surface area contributed by atoms with Crippen LogP contribution in [-0.4, -0.2) is 9.97 Å². The van der Waals surface area contributed by atoms with Crippen molar-refractivity contribution in [3.8, 4) is 0 Å². The van der Waals surface area contributed by atoms with Crippen LogP contribution in [0.5, 0.6) is 0 Å². The molecule has 0 saturated heterocycles. The standard InChI is InChI=1S/C14H15F3N4/c1-8-5-9(2)12(20-6-8)13(21-18)10-7-19-4-3-11(10)14(15,16)17/h3-7,13,21H,18H2,1-2H3. The molecule has 2 rings (SSSR count). The Morgan fingerprint density at radius 3 is 2.52 bits per heavy atom. The zero-order chi connectivity index (χ0) is 15.6. The number of nitrogens with one attached hydrogen (secondary N) is 1. The van der Waals surface area contributed by atoms with Crippen LogP contribution in [0.2, 0.25) is 0 Å². The van der Waals surface area contributed by atoms with E-state index >= 15 is 0 Å². The van der Waals surface area contributed by atoms with Crippen molar-refractivity contribution >= 4 is 0 Å². The molecule has 0 aliphatic carbocycles. The number of nitrogens with two attached hydrogens (primary N) is 1. The molecule has 0 fully saturated rings. The van der Waals surface area contributed by atoms with E-state index in [9.17, 15) is 13.2 Å². The predicted molar refractivity (Wildman–Crippen MR) is 72.1 cm³/mol. The van der Waals surface area contributed by atoms with Crippen molar-refractivity contribution in [2.24, 2.45) is 5.84 Å². The minimum atomic E-state index is -4.48. The van der Waals surface area contributed by atoms with Crippen molar-refractivity contribution in [3.63, 3.8) is 0 Å². The SMILES string of the molecule is Cc1cnc(C(NN)c2cnccc2C(F)(F)F)c(C)c1. The molecule has 0 aliphatic heterocycles. The second-order valence-corrected chi connectivity index (χ2v) is 4.78. The van der Waals surface area contributed by atoms with Gasteiger partial charge < -0.3 is 0 Å². The second kappa shape index (κ2) is 5.79. The van der Waals surface area contributed by atoms with E-state index in [1.165, 1.54) is 0 Å².